The fourth-order valence-electron chi connectivity index (χ4n) is 3.15. The minimum atomic E-state index is -0.0749. The van der Waals surface area contributed by atoms with Crippen LogP contribution in [-0.4, -0.2) is 60.8 Å². The van der Waals surface area contributed by atoms with E-state index in [2.05, 4.69) is 23.9 Å². The molecule has 1 N–H and O–H groups in total. The first-order chi connectivity index (χ1) is 7.16. The molecule has 2 fully saturated rings. The minimum absolute atomic E-state index is 0.0749. The van der Waals surface area contributed by atoms with Gasteiger partial charge in [0, 0.05) is 19.1 Å². The second-order valence-electron chi connectivity index (χ2n) is 5.42. The molecule has 1 aliphatic heterocycles. The van der Waals surface area contributed by atoms with E-state index in [1.54, 1.807) is 0 Å². The van der Waals surface area contributed by atoms with Gasteiger partial charge in [-0.05, 0) is 52.2 Å². The second-order valence-corrected chi connectivity index (χ2v) is 5.42. The van der Waals surface area contributed by atoms with Gasteiger partial charge in [0.1, 0.15) is 0 Å². The monoisotopic (exact) mass is 212 g/mol. The number of hydrogen-bond acceptors (Lipinski definition) is 3. The van der Waals surface area contributed by atoms with Gasteiger partial charge < -0.3 is 14.9 Å². The molecule has 1 unspecified atom stereocenters. The molecule has 0 radical (unpaired) electrons. The van der Waals surface area contributed by atoms with E-state index in [4.69, 9.17) is 0 Å². The fourth-order valence-corrected chi connectivity index (χ4v) is 3.15. The van der Waals surface area contributed by atoms with Crippen molar-refractivity contribution in [3.8, 4) is 0 Å². The highest BCUT2D eigenvalue weighted by Gasteiger charge is 2.30. The molecule has 1 saturated heterocycles. The molecule has 3 nitrogen and oxygen atoms in total. The highest BCUT2D eigenvalue weighted by molar-refractivity contribution is 4.86. The number of rotatable bonds is 3. The summed E-state index contributed by atoms with van der Waals surface area (Å²) in [5.74, 6) is 0.813. The van der Waals surface area contributed by atoms with E-state index in [1.807, 2.05) is 0 Å². The number of likely N-dealkylation sites (tertiary alicyclic amines) is 1. The van der Waals surface area contributed by atoms with Crippen LogP contribution in [-0.2, 0) is 0 Å². The van der Waals surface area contributed by atoms with Crippen LogP contribution in [0.5, 0.6) is 0 Å². The first-order valence-corrected chi connectivity index (χ1v) is 6.23. The van der Waals surface area contributed by atoms with Crippen molar-refractivity contribution in [1.82, 2.24) is 9.80 Å². The van der Waals surface area contributed by atoms with Gasteiger partial charge in [-0.2, -0.15) is 0 Å². The Morgan fingerprint density at radius 1 is 1.33 bits per heavy atom. The molecule has 1 heterocycles. The molecule has 88 valence electrons. The zero-order valence-corrected chi connectivity index (χ0v) is 10.0. The summed E-state index contributed by atoms with van der Waals surface area (Å²) in [5, 5.41) is 9.83. The molecule has 1 aliphatic carbocycles. The molecule has 0 spiro atoms. The molecule has 0 amide bonds. The molecule has 3 heteroatoms. The zero-order chi connectivity index (χ0) is 10.8. The van der Waals surface area contributed by atoms with Crippen LogP contribution in [0.2, 0.25) is 0 Å². The lowest BCUT2D eigenvalue weighted by molar-refractivity contribution is 0.0780. The van der Waals surface area contributed by atoms with Gasteiger partial charge in [0.15, 0.2) is 0 Å². The molecule has 3 atom stereocenters. The van der Waals surface area contributed by atoms with Crippen LogP contribution in [0.4, 0.5) is 0 Å². The number of nitrogens with zero attached hydrogens (tertiary/aromatic N) is 2. The van der Waals surface area contributed by atoms with Crippen LogP contribution in [0, 0.1) is 5.92 Å². The number of aliphatic hydroxyl groups excluding tert-OH is 1. The summed E-state index contributed by atoms with van der Waals surface area (Å²) in [6.07, 6.45) is 4.62. The summed E-state index contributed by atoms with van der Waals surface area (Å²) in [5.41, 5.74) is 0. The Morgan fingerprint density at radius 3 is 2.67 bits per heavy atom. The van der Waals surface area contributed by atoms with E-state index in [0.717, 1.165) is 18.9 Å². The van der Waals surface area contributed by atoms with Crippen LogP contribution in [0.25, 0.3) is 0 Å². The van der Waals surface area contributed by atoms with Crippen molar-refractivity contribution in [1.29, 1.82) is 0 Å². The van der Waals surface area contributed by atoms with Crippen molar-refractivity contribution in [3.63, 3.8) is 0 Å². The van der Waals surface area contributed by atoms with Crippen molar-refractivity contribution < 1.29 is 5.11 Å². The molecule has 1 saturated carbocycles. The van der Waals surface area contributed by atoms with E-state index >= 15 is 0 Å². The van der Waals surface area contributed by atoms with Gasteiger partial charge in [0.2, 0.25) is 0 Å². The lowest BCUT2D eigenvalue weighted by Crippen LogP contribution is -2.40. The predicted molar refractivity (Wildman–Crippen MR) is 61.9 cm³/mol. The Kier molecular flexibility index (Phi) is 3.65. The van der Waals surface area contributed by atoms with Crippen molar-refractivity contribution in [3.05, 3.63) is 0 Å². The Balaban J connectivity index is 1.78. The highest BCUT2D eigenvalue weighted by Crippen LogP contribution is 2.25. The van der Waals surface area contributed by atoms with Gasteiger partial charge in [-0.1, -0.05) is 0 Å². The summed E-state index contributed by atoms with van der Waals surface area (Å²) in [7, 11) is 4.38. The standard InChI is InChI=1S/C12H24N2O/c1-13-7-6-10(8-13)9-14(2)11-4-3-5-12(11)15/h10-12,15H,3-9H2,1-2H3/t10?,11-,12-/m0/s1. The fraction of sp³-hybridized carbons (Fsp3) is 1.00. The average Bonchev–Trinajstić information content (AvgIpc) is 2.75. The summed E-state index contributed by atoms with van der Waals surface area (Å²) < 4.78 is 0. The van der Waals surface area contributed by atoms with Crippen LogP contribution in [0.1, 0.15) is 25.7 Å². The SMILES string of the molecule is CN1CCC(CN(C)[C@H]2CCC[C@@H]2O)C1. The maximum atomic E-state index is 9.83. The summed E-state index contributed by atoms with van der Waals surface area (Å²) in [6, 6.07) is 0.427. The molecule has 0 aromatic carbocycles. The van der Waals surface area contributed by atoms with E-state index < -0.39 is 0 Å². The smallest absolute Gasteiger partial charge is 0.0695 e. The molecule has 2 aliphatic rings. The topological polar surface area (TPSA) is 26.7 Å². The normalized spacial score (nSPS) is 38.0. The number of likely N-dealkylation sites (N-methyl/N-ethyl adjacent to an activating group) is 1. The highest BCUT2D eigenvalue weighted by atomic mass is 16.3. The van der Waals surface area contributed by atoms with Crippen molar-refractivity contribution in [2.75, 3.05) is 33.7 Å². The molecule has 2 rings (SSSR count). The van der Waals surface area contributed by atoms with Gasteiger partial charge in [-0.15, -0.1) is 0 Å². The van der Waals surface area contributed by atoms with Gasteiger partial charge in [0.05, 0.1) is 6.10 Å². The van der Waals surface area contributed by atoms with Gasteiger partial charge >= 0.3 is 0 Å². The molecule has 0 bridgehead atoms. The third-order valence-electron chi connectivity index (χ3n) is 4.05. The van der Waals surface area contributed by atoms with Crippen molar-refractivity contribution >= 4 is 0 Å². The minimum Gasteiger partial charge on any atom is -0.391 e. The Morgan fingerprint density at radius 2 is 2.13 bits per heavy atom. The lowest BCUT2D eigenvalue weighted by atomic mass is 10.1. The van der Waals surface area contributed by atoms with E-state index in [9.17, 15) is 5.11 Å². The molecular formula is C12H24N2O. The third kappa shape index (κ3) is 2.71. The van der Waals surface area contributed by atoms with Gasteiger partial charge in [-0.3, -0.25) is 0 Å². The average molecular weight is 212 g/mol. The Labute approximate surface area is 93.1 Å². The van der Waals surface area contributed by atoms with E-state index in [0.29, 0.717) is 6.04 Å². The molecule has 0 aromatic rings. The largest absolute Gasteiger partial charge is 0.391 e. The molecular weight excluding hydrogens is 188 g/mol. The van der Waals surface area contributed by atoms with Crippen molar-refractivity contribution in [2.45, 2.75) is 37.8 Å². The maximum absolute atomic E-state index is 9.83. The Bertz CT molecular complexity index is 210. The predicted octanol–water partition coefficient (Wildman–Crippen LogP) is 0.783. The summed E-state index contributed by atoms with van der Waals surface area (Å²) in [6.45, 7) is 3.63. The quantitative estimate of drug-likeness (QED) is 0.749. The van der Waals surface area contributed by atoms with E-state index in [-0.39, 0.29) is 6.10 Å². The van der Waals surface area contributed by atoms with Crippen LogP contribution in [0.15, 0.2) is 0 Å². The molecule has 15 heavy (non-hydrogen) atoms. The summed E-state index contributed by atoms with van der Waals surface area (Å²) in [4.78, 5) is 4.80. The molecule has 0 aromatic heterocycles. The second kappa shape index (κ2) is 4.81. The Hall–Kier alpha value is -0.120. The van der Waals surface area contributed by atoms with Crippen LogP contribution >= 0.6 is 0 Å². The number of aliphatic hydroxyl groups is 1. The number of hydrogen-bond donors (Lipinski definition) is 1. The third-order valence-corrected chi connectivity index (χ3v) is 4.05. The summed E-state index contributed by atoms with van der Waals surface area (Å²) >= 11 is 0. The lowest BCUT2D eigenvalue weighted by Gasteiger charge is -2.29. The first-order valence-electron chi connectivity index (χ1n) is 6.23. The van der Waals surface area contributed by atoms with Crippen molar-refractivity contribution in [2.24, 2.45) is 5.92 Å². The van der Waals surface area contributed by atoms with Crippen LogP contribution in [0.3, 0.4) is 0 Å². The van der Waals surface area contributed by atoms with Crippen LogP contribution < -0.4 is 0 Å². The van der Waals surface area contributed by atoms with Gasteiger partial charge in [-0.25, -0.2) is 0 Å². The van der Waals surface area contributed by atoms with Gasteiger partial charge in [0.25, 0.3) is 0 Å². The van der Waals surface area contributed by atoms with E-state index in [1.165, 1.54) is 32.4 Å². The zero-order valence-electron chi connectivity index (χ0n) is 10.0. The maximum Gasteiger partial charge on any atom is 0.0695 e. The first kappa shape index (κ1) is 11.4.